The fourth-order valence-corrected chi connectivity index (χ4v) is 4.03. The van der Waals surface area contributed by atoms with Gasteiger partial charge in [-0.1, -0.05) is 40.4 Å². The smallest absolute Gasteiger partial charge is 0.147 e. The van der Waals surface area contributed by atoms with Crippen LogP contribution in [0.5, 0.6) is 0 Å². The molecule has 1 aliphatic rings. The van der Waals surface area contributed by atoms with Crippen molar-refractivity contribution in [2.24, 2.45) is 0 Å². The van der Waals surface area contributed by atoms with Gasteiger partial charge < -0.3 is 4.90 Å². The van der Waals surface area contributed by atoms with Crippen molar-refractivity contribution in [2.75, 3.05) is 11.9 Å². The highest BCUT2D eigenvalue weighted by atomic mass is 79.9. The second kappa shape index (κ2) is 5.89. The average Bonchev–Trinajstić information content (AvgIpc) is 2.29. The van der Waals surface area contributed by atoms with Crippen molar-refractivity contribution in [3.8, 4) is 0 Å². The summed E-state index contributed by atoms with van der Waals surface area (Å²) in [5, 5.41) is 0.701. The molecule has 0 aliphatic heterocycles. The summed E-state index contributed by atoms with van der Waals surface area (Å²) >= 11 is 13.4. The molecule has 1 fully saturated rings. The van der Waals surface area contributed by atoms with E-state index in [4.69, 9.17) is 11.6 Å². The normalized spacial score (nSPS) is 24.7. The molecule has 0 aromatic carbocycles. The fourth-order valence-electron chi connectivity index (χ4n) is 2.33. The van der Waals surface area contributed by atoms with Crippen molar-refractivity contribution in [3.63, 3.8) is 0 Å². The summed E-state index contributed by atoms with van der Waals surface area (Å²) in [6.45, 7) is 0. The van der Waals surface area contributed by atoms with Crippen LogP contribution in [0.2, 0.25) is 5.02 Å². The van der Waals surface area contributed by atoms with E-state index in [-0.39, 0.29) is 0 Å². The topological polar surface area (TPSA) is 16.1 Å². The van der Waals surface area contributed by atoms with Crippen molar-refractivity contribution >= 4 is 49.3 Å². The van der Waals surface area contributed by atoms with Gasteiger partial charge in [0.1, 0.15) is 5.82 Å². The number of alkyl halides is 1. The van der Waals surface area contributed by atoms with Crippen LogP contribution in [0.1, 0.15) is 25.7 Å². The molecular formula is C12H15Br2ClN2. The van der Waals surface area contributed by atoms with Gasteiger partial charge in [-0.25, -0.2) is 4.98 Å². The van der Waals surface area contributed by atoms with Gasteiger partial charge in [-0.05, 0) is 34.8 Å². The Morgan fingerprint density at radius 1 is 1.41 bits per heavy atom. The number of nitrogens with zero attached hydrogens (tertiary/aromatic N) is 2. The zero-order chi connectivity index (χ0) is 12.4. The maximum Gasteiger partial charge on any atom is 0.147 e. The average molecular weight is 383 g/mol. The summed E-state index contributed by atoms with van der Waals surface area (Å²) in [5.74, 6) is 0.867. The molecule has 1 aliphatic carbocycles. The number of halogens is 3. The van der Waals surface area contributed by atoms with E-state index < -0.39 is 0 Å². The molecule has 1 aromatic rings. The highest BCUT2D eigenvalue weighted by Gasteiger charge is 2.27. The number of aromatic nitrogens is 1. The lowest BCUT2D eigenvalue weighted by molar-refractivity contribution is 0.442. The third-order valence-electron chi connectivity index (χ3n) is 3.27. The highest BCUT2D eigenvalue weighted by Crippen LogP contribution is 2.33. The minimum atomic E-state index is 0.481. The summed E-state index contributed by atoms with van der Waals surface area (Å²) in [6, 6.07) is 2.38. The molecule has 5 heteroatoms. The Balaban J connectivity index is 2.20. The lowest BCUT2D eigenvalue weighted by Crippen LogP contribution is -2.41. The Morgan fingerprint density at radius 2 is 2.12 bits per heavy atom. The van der Waals surface area contributed by atoms with Gasteiger partial charge in [-0.3, -0.25) is 0 Å². The predicted molar refractivity (Wildman–Crippen MR) is 80.3 cm³/mol. The van der Waals surface area contributed by atoms with Crippen LogP contribution < -0.4 is 4.90 Å². The number of pyridine rings is 1. The molecular weight excluding hydrogens is 367 g/mol. The van der Waals surface area contributed by atoms with Gasteiger partial charge in [0.15, 0.2) is 0 Å². The molecule has 0 amide bonds. The van der Waals surface area contributed by atoms with E-state index in [9.17, 15) is 0 Å². The molecule has 2 unspecified atom stereocenters. The van der Waals surface area contributed by atoms with Gasteiger partial charge in [-0.15, -0.1) is 0 Å². The second-order valence-electron chi connectivity index (χ2n) is 4.44. The minimum absolute atomic E-state index is 0.481. The maximum absolute atomic E-state index is 6.24. The van der Waals surface area contributed by atoms with E-state index in [1.165, 1.54) is 25.7 Å². The minimum Gasteiger partial charge on any atom is -0.354 e. The molecule has 2 rings (SSSR count). The molecule has 2 atom stereocenters. The molecule has 94 valence electrons. The van der Waals surface area contributed by atoms with Gasteiger partial charge >= 0.3 is 0 Å². The summed E-state index contributed by atoms with van der Waals surface area (Å²) in [5.41, 5.74) is 0. The van der Waals surface area contributed by atoms with Crippen LogP contribution in [-0.4, -0.2) is 22.9 Å². The molecule has 0 radical (unpaired) electrons. The van der Waals surface area contributed by atoms with Crippen molar-refractivity contribution in [1.82, 2.24) is 4.98 Å². The number of anilines is 1. The zero-order valence-electron chi connectivity index (χ0n) is 9.67. The first kappa shape index (κ1) is 13.6. The van der Waals surface area contributed by atoms with Crippen LogP contribution >= 0.6 is 43.5 Å². The van der Waals surface area contributed by atoms with Gasteiger partial charge in [0.05, 0.1) is 5.02 Å². The summed E-state index contributed by atoms with van der Waals surface area (Å²) < 4.78 is 0.915. The van der Waals surface area contributed by atoms with E-state index in [2.05, 4.69) is 48.8 Å². The van der Waals surface area contributed by atoms with Crippen LogP contribution in [-0.2, 0) is 0 Å². The lowest BCUT2D eigenvalue weighted by Gasteiger charge is -2.36. The number of hydrogen-bond donors (Lipinski definition) is 0. The Kier molecular flexibility index (Phi) is 4.72. The van der Waals surface area contributed by atoms with Crippen LogP contribution in [0.3, 0.4) is 0 Å². The molecule has 1 heterocycles. The number of hydrogen-bond acceptors (Lipinski definition) is 2. The monoisotopic (exact) mass is 380 g/mol. The molecule has 2 nitrogen and oxygen atoms in total. The van der Waals surface area contributed by atoms with Gasteiger partial charge in [0, 0.05) is 28.6 Å². The SMILES string of the molecule is CN(c1ncc(Br)cc1Cl)C1CCCCC1Br. The first-order chi connectivity index (χ1) is 8.09. The summed E-state index contributed by atoms with van der Waals surface area (Å²) in [6.07, 6.45) is 6.81. The maximum atomic E-state index is 6.24. The zero-order valence-corrected chi connectivity index (χ0v) is 13.6. The van der Waals surface area contributed by atoms with Crippen molar-refractivity contribution < 1.29 is 0 Å². The van der Waals surface area contributed by atoms with Crippen molar-refractivity contribution in [1.29, 1.82) is 0 Å². The molecule has 0 bridgehead atoms. The third-order valence-corrected chi connectivity index (χ3v) is 5.05. The van der Waals surface area contributed by atoms with E-state index in [0.717, 1.165) is 10.3 Å². The van der Waals surface area contributed by atoms with Crippen molar-refractivity contribution in [3.05, 3.63) is 21.8 Å². The largest absolute Gasteiger partial charge is 0.354 e. The summed E-state index contributed by atoms with van der Waals surface area (Å²) in [7, 11) is 2.08. The quantitative estimate of drug-likeness (QED) is 0.693. The van der Waals surface area contributed by atoms with E-state index in [1.54, 1.807) is 6.20 Å². The van der Waals surface area contributed by atoms with E-state index in [1.807, 2.05) is 6.07 Å². The van der Waals surface area contributed by atoms with E-state index in [0.29, 0.717) is 15.9 Å². The first-order valence-corrected chi connectivity index (χ1v) is 7.86. The van der Waals surface area contributed by atoms with E-state index >= 15 is 0 Å². The van der Waals surface area contributed by atoms with Crippen LogP contribution in [0, 0.1) is 0 Å². The van der Waals surface area contributed by atoms with Gasteiger partial charge in [0.25, 0.3) is 0 Å². The van der Waals surface area contributed by atoms with Crippen LogP contribution in [0.15, 0.2) is 16.7 Å². The molecule has 0 N–H and O–H groups in total. The first-order valence-electron chi connectivity index (χ1n) is 5.77. The molecule has 0 spiro atoms. The fraction of sp³-hybridized carbons (Fsp3) is 0.583. The Hall–Kier alpha value is 0.200. The second-order valence-corrected chi connectivity index (χ2v) is 6.94. The molecule has 17 heavy (non-hydrogen) atoms. The Labute approximate surface area is 124 Å². The molecule has 1 saturated carbocycles. The Morgan fingerprint density at radius 3 is 2.76 bits per heavy atom. The highest BCUT2D eigenvalue weighted by molar-refractivity contribution is 9.10. The lowest BCUT2D eigenvalue weighted by atomic mass is 9.94. The standard InChI is InChI=1S/C12H15Br2ClN2/c1-17(11-5-3-2-4-9(11)14)12-10(15)6-8(13)7-16-12/h6-7,9,11H,2-5H2,1H3. The summed E-state index contributed by atoms with van der Waals surface area (Å²) in [4.78, 5) is 7.15. The van der Waals surface area contributed by atoms with Crippen LogP contribution in [0.25, 0.3) is 0 Å². The molecule has 0 saturated heterocycles. The predicted octanol–water partition coefficient (Wildman–Crippen LogP) is 4.64. The Bertz CT molecular complexity index is 400. The van der Waals surface area contributed by atoms with Crippen molar-refractivity contribution in [2.45, 2.75) is 36.6 Å². The number of rotatable bonds is 2. The third kappa shape index (κ3) is 3.15. The van der Waals surface area contributed by atoms with Crippen LogP contribution in [0.4, 0.5) is 5.82 Å². The van der Waals surface area contributed by atoms with Gasteiger partial charge in [0.2, 0.25) is 0 Å². The molecule has 1 aromatic heterocycles. The van der Waals surface area contributed by atoms with Gasteiger partial charge in [-0.2, -0.15) is 0 Å².